The Morgan fingerprint density at radius 1 is 1.00 bits per heavy atom. The first kappa shape index (κ1) is 16.2. The third kappa shape index (κ3) is 3.52. The molecule has 0 spiro atoms. The van der Waals surface area contributed by atoms with Gasteiger partial charge in [0, 0.05) is 5.69 Å². The molecule has 0 saturated carbocycles. The van der Waals surface area contributed by atoms with Gasteiger partial charge < -0.3 is 11.1 Å². The zero-order valence-corrected chi connectivity index (χ0v) is 13.2. The first-order valence-electron chi connectivity index (χ1n) is 6.79. The van der Waals surface area contributed by atoms with Crippen molar-refractivity contribution < 1.29 is 13.2 Å². The summed E-state index contributed by atoms with van der Waals surface area (Å²) < 4.78 is 25.0. The van der Waals surface area contributed by atoms with Crippen molar-refractivity contribution in [3.63, 3.8) is 0 Å². The quantitative estimate of drug-likeness (QED) is 0.903. The predicted octanol–water partition coefficient (Wildman–Crippen LogP) is 2.11. The highest BCUT2D eigenvalue weighted by Gasteiger charge is 2.17. The van der Waals surface area contributed by atoms with Gasteiger partial charge in [-0.2, -0.15) is 0 Å². The molecule has 0 fully saturated rings. The summed E-state index contributed by atoms with van der Waals surface area (Å²) in [5.41, 5.74) is 6.96. The average molecular weight is 318 g/mol. The van der Waals surface area contributed by atoms with Gasteiger partial charge in [0.25, 0.3) is 0 Å². The molecule has 2 aromatic carbocycles. The van der Waals surface area contributed by atoms with E-state index in [-0.39, 0.29) is 15.7 Å². The normalized spacial score (nSPS) is 12.7. The molecule has 1 atom stereocenters. The molecule has 5 nitrogen and oxygen atoms in total. The number of carbonyl (C=O) groups is 1. The maximum absolute atomic E-state index is 12.5. The molecular weight excluding hydrogens is 300 g/mol. The van der Waals surface area contributed by atoms with E-state index in [4.69, 9.17) is 5.73 Å². The molecule has 0 aromatic heterocycles. The highest BCUT2D eigenvalue weighted by molar-refractivity contribution is 7.91. The summed E-state index contributed by atoms with van der Waals surface area (Å²) in [5, 5.41) is 2.61. The van der Waals surface area contributed by atoms with Gasteiger partial charge in [-0.3, -0.25) is 4.79 Å². The Morgan fingerprint density at radius 3 is 1.91 bits per heavy atom. The molecule has 1 unspecified atom stereocenters. The van der Waals surface area contributed by atoms with Crippen molar-refractivity contribution in [1.82, 2.24) is 0 Å². The molecule has 116 valence electrons. The topological polar surface area (TPSA) is 89.3 Å². The molecular formula is C16H18N2O3S. The zero-order valence-electron chi connectivity index (χ0n) is 12.4. The standard InChI is InChI=1S/C16H18N2O3S/c1-11-3-7-14(8-4-11)22(20,21)15-9-5-13(6-10-15)18-16(19)12(2)17/h3-10,12H,17H2,1-2H3,(H,18,19). The van der Waals surface area contributed by atoms with Gasteiger partial charge in [0.15, 0.2) is 0 Å². The van der Waals surface area contributed by atoms with Crippen LogP contribution in [0.2, 0.25) is 0 Å². The van der Waals surface area contributed by atoms with Crippen molar-refractivity contribution in [1.29, 1.82) is 0 Å². The number of sulfone groups is 1. The number of benzene rings is 2. The summed E-state index contributed by atoms with van der Waals surface area (Å²) in [7, 11) is -3.55. The molecule has 0 saturated heterocycles. The fourth-order valence-corrected chi connectivity index (χ4v) is 3.09. The lowest BCUT2D eigenvalue weighted by Crippen LogP contribution is -2.32. The molecule has 2 aromatic rings. The van der Waals surface area contributed by atoms with Crippen molar-refractivity contribution in [3.8, 4) is 0 Å². The minimum atomic E-state index is -3.55. The first-order valence-corrected chi connectivity index (χ1v) is 8.27. The monoisotopic (exact) mass is 318 g/mol. The smallest absolute Gasteiger partial charge is 0.240 e. The van der Waals surface area contributed by atoms with E-state index in [1.807, 2.05) is 6.92 Å². The van der Waals surface area contributed by atoms with Crippen LogP contribution in [0.3, 0.4) is 0 Å². The van der Waals surface area contributed by atoms with Crippen LogP contribution in [0.5, 0.6) is 0 Å². The summed E-state index contributed by atoms with van der Waals surface area (Å²) in [4.78, 5) is 11.9. The van der Waals surface area contributed by atoms with E-state index in [1.54, 1.807) is 43.3 Å². The Morgan fingerprint density at radius 2 is 1.45 bits per heavy atom. The molecule has 0 aliphatic carbocycles. The van der Waals surface area contributed by atoms with E-state index in [1.165, 1.54) is 12.1 Å². The number of anilines is 1. The number of amides is 1. The highest BCUT2D eigenvalue weighted by atomic mass is 32.2. The van der Waals surface area contributed by atoms with Gasteiger partial charge >= 0.3 is 0 Å². The summed E-state index contributed by atoms with van der Waals surface area (Å²) >= 11 is 0. The Bertz CT molecular complexity index is 764. The van der Waals surface area contributed by atoms with Crippen LogP contribution in [0.15, 0.2) is 58.3 Å². The van der Waals surface area contributed by atoms with Crippen molar-refractivity contribution in [2.45, 2.75) is 29.7 Å². The number of hydrogen-bond donors (Lipinski definition) is 2. The van der Waals surface area contributed by atoms with Gasteiger partial charge in [0.1, 0.15) is 0 Å². The Labute approximate surface area is 130 Å². The maximum Gasteiger partial charge on any atom is 0.240 e. The third-order valence-corrected chi connectivity index (χ3v) is 4.96. The van der Waals surface area contributed by atoms with Gasteiger partial charge in [-0.05, 0) is 50.2 Å². The Balaban J connectivity index is 2.26. The number of nitrogens with one attached hydrogen (secondary N) is 1. The Kier molecular flexibility index (Phi) is 4.63. The third-order valence-electron chi connectivity index (χ3n) is 3.18. The van der Waals surface area contributed by atoms with Gasteiger partial charge in [-0.25, -0.2) is 8.42 Å². The van der Waals surface area contributed by atoms with Crippen LogP contribution >= 0.6 is 0 Å². The second kappa shape index (κ2) is 6.29. The minimum Gasteiger partial charge on any atom is -0.325 e. The van der Waals surface area contributed by atoms with Crippen LogP contribution in [-0.2, 0) is 14.6 Å². The summed E-state index contributed by atoms with van der Waals surface area (Å²) in [6.07, 6.45) is 0. The van der Waals surface area contributed by atoms with Crippen LogP contribution in [0, 0.1) is 6.92 Å². The minimum absolute atomic E-state index is 0.176. The van der Waals surface area contributed by atoms with E-state index < -0.39 is 15.9 Å². The second-order valence-corrected chi connectivity index (χ2v) is 7.07. The lowest BCUT2D eigenvalue weighted by molar-refractivity contribution is -0.117. The zero-order chi connectivity index (χ0) is 16.3. The lowest BCUT2D eigenvalue weighted by atomic mass is 10.2. The highest BCUT2D eigenvalue weighted by Crippen LogP contribution is 2.22. The van der Waals surface area contributed by atoms with Crippen LogP contribution < -0.4 is 11.1 Å². The van der Waals surface area contributed by atoms with Gasteiger partial charge in [0.05, 0.1) is 15.8 Å². The maximum atomic E-state index is 12.5. The van der Waals surface area contributed by atoms with Crippen molar-refractivity contribution >= 4 is 21.4 Å². The van der Waals surface area contributed by atoms with Gasteiger partial charge in [-0.1, -0.05) is 17.7 Å². The fraction of sp³-hybridized carbons (Fsp3) is 0.188. The molecule has 0 bridgehead atoms. The number of aryl methyl sites for hydroxylation is 1. The van der Waals surface area contributed by atoms with E-state index in [2.05, 4.69) is 5.32 Å². The summed E-state index contributed by atoms with van der Waals surface area (Å²) in [6, 6.07) is 12.1. The predicted molar refractivity (Wildman–Crippen MR) is 85.4 cm³/mol. The summed E-state index contributed by atoms with van der Waals surface area (Å²) in [6.45, 7) is 3.47. The van der Waals surface area contributed by atoms with E-state index in [0.717, 1.165) is 5.56 Å². The van der Waals surface area contributed by atoms with Crippen LogP contribution in [0.25, 0.3) is 0 Å². The van der Waals surface area contributed by atoms with E-state index in [0.29, 0.717) is 5.69 Å². The molecule has 0 heterocycles. The molecule has 6 heteroatoms. The average Bonchev–Trinajstić information content (AvgIpc) is 2.48. The number of carbonyl (C=O) groups excluding carboxylic acids is 1. The van der Waals surface area contributed by atoms with Crippen molar-refractivity contribution in [3.05, 3.63) is 54.1 Å². The number of rotatable bonds is 4. The molecule has 2 rings (SSSR count). The van der Waals surface area contributed by atoms with Crippen molar-refractivity contribution in [2.75, 3.05) is 5.32 Å². The molecule has 0 radical (unpaired) electrons. The molecule has 22 heavy (non-hydrogen) atoms. The summed E-state index contributed by atoms with van der Waals surface area (Å²) in [5.74, 6) is -0.325. The Hall–Kier alpha value is -2.18. The number of nitrogens with two attached hydrogens (primary N) is 1. The van der Waals surface area contributed by atoms with Crippen LogP contribution in [0.4, 0.5) is 5.69 Å². The largest absolute Gasteiger partial charge is 0.325 e. The van der Waals surface area contributed by atoms with E-state index >= 15 is 0 Å². The number of hydrogen-bond acceptors (Lipinski definition) is 4. The molecule has 1 amide bonds. The first-order chi connectivity index (χ1) is 10.3. The molecule has 3 N–H and O–H groups in total. The molecule has 0 aliphatic heterocycles. The van der Waals surface area contributed by atoms with Gasteiger partial charge in [-0.15, -0.1) is 0 Å². The lowest BCUT2D eigenvalue weighted by Gasteiger charge is -2.09. The van der Waals surface area contributed by atoms with E-state index in [9.17, 15) is 13.2 Å². The van der Waals surface area contributed by atoms with Crippen LogP contribution in [-0.4, -0.2) is 20.4 Å². The fourth-order valence-electron chi connectivity index (χ4n) is 1.83. The van der Waals surface area contributed by atoms with Crippen LogP contribution in [0.1, 0.15) is 12.5 Å². The second-order valence-electron chi connectivity index (χ2n) is 5.12. The SMILES string of the molecule is Cc1ccc(S(=O)(=O)c2ccc(NC(=O)C(C)N)cc2)cc1. The van der Waals surface area contributed by atoms with Crippen molar-refractivity contribution in [2.24, 2.45) is 5.73 Å². The van der Waals surface area contributed by atoms with Gasteiger partial charge in [0.2, 0.25) is 15.7 Å². The molecule has 0 aliphatic rings.